The molecule has 0 aromatic heterocycles. The van der Waals surface area contributed by atoms with Gasteiger partial charge in [-0.05, 0) is 45.4 Å². The molecular weight excluding hydrogens is 247 g/mol. The number of rotatable bonds is 7. The van der Waals surface area contributed by atoms with Crippen LogP contribution in [-0.2, 0) is 19.3 Å². The molecule has 0 spiro atoms. The van der Waals surface area contributed by atoms with Gasteiger partial charge in [-0.2, -0.15) is 0 Å². The predicted molar refractivity (Wildman–Crippen MR) is 75.3 cm³/mol. The average Bonchev–Trinajstić information content (AvgIpc) is 2.39. The van der Waals surface area contributed by atoms with Crippen LogP contribution in [0.5, 0.6) is 0 Å². The van der Waals surface area contributed by atoms with Crippen molar-refractivity contribution in [2.24, 2.45) is 0 Å². The standard InChI is InChI=1S/C14H21O3P/c1-5-16-18(17-6-2)13-9-7-12(8-10-13)14(3,4)11-15/h7-11H,5-6H2,1-4H3. The van der Waals surface area contributed by atoms with E-state index in [1.807, 2.05) is 52.0 Å². The minimum atomic E-state index is -0.997. The third kappa shape index (κ3) is 3.88. The maximum absolute atomic E-state index is 11.0. The van der Waals surface area contributed by atoms with E-state index in [-0.39, 0.29) is 0 Å². The Kier molecular flexibility index (Phi) is 5.94. The normalized spacial score (nSPS) is 11.8. The lowest BCUT2D eigenvalue weighted by Crippen LogP contribution is -2.19. The lowest BCUT2D eigenvalue weighted by atomic mass is 9.87. The summed E-state index contributed by atoms with van der Waals surface area (Å²) in [5.74, 6) is 0. The van der Waals surface area contributed by atoms with Crippen molar-refractivity contribution < 1.29 is 13.8 Å². The van der Waals surface area contributed by atoms with Gasteiger partial charge in [-0.15, -0.1) is 0 Å². The van der Waals surface area contributed by atoms with E-state index < -0.39 is 13.8 Å². The number of hydrogen-bond acceptors (Lipinski definition) is 3. The van der Waals surface area contributed by atoms with Crippen LogP contribution in [0.1, 0.15) is 33.3 Å². The van der Waals surface area contributed by atoms with Crippen LogP contribution in [-0.4, -0.2) is 19.5 Å². The molecule has 0 aliphatic carbocycles. The van der Waals surface area contributed by atoms with Crippen molar-refractivity contribution in [3.05, 3.63) is 29.8 Å². The Hall–Kier alpha value is -0.760. The van der Waals surface area contributed by atoms with Crippen LogP contribution in [0.25, 0.3) is 0 Å². The van der Waals surface area contributed by atoms with Crippen LogP contribution < -0.4 is 5.30 Å². The third-order valence-electron chi connectivity index (χ3n) is 2.61. The molecule has 100 valence electrons. The molecule has 0 N–H and O–H groups in total. The fraction of sp³-hybridized carbons (Fsp3) is 0.500. The Labute approximate surface area is 110 Å². The third-order valence-corrected chi connectivity index (χ3v) is 4.31. The monoisotopic (exact) mass is 268 g/mol. The molecule has 0 heterocycles. The van der Waals surface area contributed by atoms with E-state index in [9.17, 15) is 4.79 Å². The van der Waals surface area contributed by atoms with E-state index in [2.05, 4.69) is 0 Å². The molecule has 0 amide bonds. The van der Waals surface area contributed by atoms with Gasteiger partial charge in [0.25, 0.3) is 0 Å². The van der Waals surface area contributed by atoms with Gasteiger partial charge in [-0.1, -0.05) is 12.1 Å². The largest absolute Gasteiger partial charge is 0.331 e. The summed E-state index contributed by atoms with van der Waals surface area (Å²) in [5, 5.41) is 1.04. The molecule has 18 heavy (non-hydrogen) atoms. The lowest BCUT2D eigenvalue weighted by Gasteiger charge is -2.20. The summed E-state index contributed by atoms with van der Waals surface area (Å²) in [6, 6.07) is 7.91. The minimum absolute atomic E-state index is 0.446. The molecule has 1 rings (SSSR count). The maximum atomic E-state index is 11.0. The SMILES string of the molecule is CCOP(OCC)c1ccc(C(C)(C)C=O)cc1. The molecule has 0 aliphatic heterocycles. The Morgan fingerprint density at radius 3 is 2.00 bits per heavy atom. The number of hydrogen-bond donors (Lipinski definition) is 0. The highest BCUT2D eigenvalue weighted by atomic mass is 31.2. The molecule has 0 saturated carbocycles. The fourth-order valence-corrected chi connectivity index (χ4v) is 2.74. The molecule has 0 radical (unpaired) electrons. The van der Waals surface area contributed by atoms with E-state index in [1.54, 1.807) is 0 Å². The summed E-state index contributed by atoms with van der Waals surface area (Å²) in [6.45, 7) is 8.99. The van der Waals surface area contributed by atoms with Gasteiger partial charge in [-0.3, -0.25) is 0 Å². The lowest BCUT2D eigenvalue weighted by molar-refractivity contribution is -0.111. The highest BCUT2D eigenvalue weighted by Crippen LogP contribution is 2.37. The van der Waals surface area contributed by atoms with Crippen molar-refractivity contribution in [2.45, 2.75) is 33.1 Å². The van der Waals surface area contributed by atoms with Crippen LogP contribution in [0.15, 0.2) is 24.3 Å². The molecule has 1 aromatic carbocycles. The summed E-state index contributed by atoms with van der Waals surface area (Å²) < 4.78 is 11.2. The van der Waals surface area contributed by atoms with E-state index in [1.165, 1.54) is 0 Å². The van der Waals surface area contributed by atoms with Gasteiger partial charge in [-0.25, -0.2) is 0 Å². The van der Waals surface area contributed by atoms with Gasteiger partial charge < -0.3 is 13.8 Å². The second-order valence-electron chi connectivity index (χ2n) is 4.48. The highest BCUT2D eigenvalue weighted by Gasteiger charge is 2.20. The van der Waals surface area contributed by atoms with Gasteiger partial charge in [0.1, 0.15) is 6.29 Å². The average molecular weight is 268 g/mol. The molecule has 4 heteroatoms. The molecule has 0 atom stereocenters. The van der Waals surface area contributed by atoms with Crippen LogP contribution >= 0.6 is 8.38 Å². The number of benzene rings is 1. The van der Waals surface area contributed by atoms with Crippen molar-refractivity contribution in [2.75, 3.05) is 13.2 Å². The van der Waals surface area contributed by atoms with Crippen LogP contribution in [0.4, 0.5) is 0 Å². The van der Waals surface area contributed by atoms with Gasteiger partial charge >= 0.3 is 0 Å². The van der Waals surface area contributed by atoms with E-state index in [0.717, 1.165) is 17.2 Å². The molecule has 0 fully saturated rings. The highest BCUT2D eigenvalue weighted by molar-refractivity contribution is 7.56. The van der Waals surface area contributed by atoms with Crippen molar-refractivity contribution in [3.63, 3.8) is 0 Å². The van der Waals surface area contributed by atoms with Crippen molar-refractivity contribution in [1.82, 2.24) is 0 Å². The molecule has 1 aromatic rings. The van der Waals surface area contributed by atoms with E-state index >= 15 is 0 Å². The minimum Gasteiger partial charge on any atom is -0.331 e. The fourth-order valence-electron chi connectivity index (χ4n) is 1.50. The Bertz CT molecular complexity index is 367. The zero-order valence-corrected chi connectivity index (χ0v) is 12.4. The molecule has 0 aliphatic rings. The van der Waals surface area contributed by atoms with E-state index in [4.69, 9.17) is 9.05 Å². The van der Waals surface area contributed by atoms with E-state index in [0.29, 0.717) is 13.2 Å². The van der Waals surface area contributed by atoms with Crippen molar-refractivity contribution in [1.29, 1.82) is 0 Å². The first-order chi connectivity index (χ1) is 8.55. The van der Waals surface area contributed by atoms with Crippen LogP contribution in [0.3, 0.4) is 0 Å². The van der Waals surface area contributed by atoms with Crippen molar-refractivity contribution >= 4 is 20.0 Å². The van der Waals surface area contributed by atoms with Crippen LogP contribution in [0, 0.1) is 0 Å². The molecule has 0 unspecified atom stereocenters. The molecule has 0 bridgehead atoms. The number of carbonyl (C=O) groups is 1. The molecular formula is C14H21O3P. The molecule has 3 nitrogen and oxygen atoms in total. The first-order valence-corrected chi connectivity index (χ1v) is 7.35. The van der Waals surface area contributed by atoms with Gasteiger partial charge in [0.2, 0.25) is 8.38 Å². The summed E-state index contributed by atoms with van der Waals surface area (Å²) in [4.78, 5) is 11.0. The zero-order valence-electron chi connectivity index (χ0n) is 11.5. The zero-order chi connectivity index (χ0) is 13.6. The maximum Gasteiger partial charge on any atom is 0.205 e. The quantitative estimate of drug-likeness (QED) is 0.563. The second-order valence-corrected chi connectivity index (χ2v) is 6.03. The van der Waals surface area contributed by atoms with Gasteiger partial charge in [0.15, 0.2) is 0 Å². The number of carbonyl (C=O) groups excluding carboxylic acids is 1. The van der Waals surface area contributed by atoms with Crippen molar-refractivity contribution in [3.8, 4) is 0 Å². The van der Waals surface area contributed by atoms with Gasteiger partial charge in [0, 0.05) is 10.7 Å². The predicted octanol–water partition coefficient (Wildman–Crippen LogP) is 3.17. The smallest absolute Gasteiger partial charge is 0.205 e. The van der Waals surface area contributed by atoms with Gasteiger partial charge in [0.05, 0.1) is 13.2 Å². The topological polar surface area (TPSA) is 35.5 Å². The van der Waals surface area contributed by atoms with Crippen LogP contribution in [0.2, 0.25) is 0 Å². The first-order valence-electron chi connectivity index (χ1n) is 6.18. The number of aldehydes is 1. The summed E-state index contributed by atoms with van der Waals surface area (Å²) in [6.07, 6.45) is 0.968. The second kappa shape index (κ2) is 6.98. The Morgan fingerprint density at radius 1 is 1.11 bits per heavy atom. The summed E-state index contributed by atoms with van der Waals surface area (Å²) in [7, 11) is -0.997. The Balaban J connectivity index is 2.89. The summed E-state index contributed by atoms with van der Waals surface area (Å²) in [5.41, 5.74) is 0.558. The molecule has 0 saturated heterocycles. The first kappa shape index (κ1) is 15.3. The summed E-state index contributed by atoms with van der Waals surface area (Å²) >= 11 is 0. The Morgan fingerprint density at radius 2 is 1.61 bits per heavy atom.